The van der Waals surface area contributed by atoms with E-state index in [0.717, 1.165) is 0 Å². The Hall–Kier alpha value is -1.07. The van der Waals surface area contributed by atoms with Crippen molar-refractivity contribution in [2.45, 2.75) is 32.2 Å². The van der Waals surface area contributed by atoms with Crippen LogP contribution in [-0.4, -0.2) is 22.5 Å². The molecule has 2 N–H and O–H groups in total. The first-order valence-electron chi connectivity index (χ1n) is 5.70. The third-order valence-electron chi connectivity index (χ3n) is 2.60. The molecule has 1 aromatic carbocycles. The molecule has 0 aromatic heterocycles. The molecule has 6 heteroatoms. The molecule has 0 radical (unpaired) electrons. The largest absolute Gasteiger partial charge is 0.481 e. The second-order valence-electron chi connectivity index (χ2n) is 4.86. The van der Waals surface area contributed by atoms with Crippen LogP contribution in [0.15, 0.2) is 22.7 Å². The number of rotatable bonds is 5. The van der Waals surface area contributed by atoms with Crippen molar-refractivity contribution in [1.29, 1.82) is 0 Å². The van der Waals surface area contributed by atoms with Crippen LogP contribution >= 0.6 is 27.5 Å². The number of hydrogen-bond acceptors (Lipinski definition) is 2. The summed E-state index contributed by atoms with van der Waals surface area (Å²) in [6.45, 7) is 3.58. The Morgan fingerprint density at radius 3 is 2.58 bits per heavy atom. The highest BCUT2D eigenvalue weighted by Gasteiger charge is 2.22. The van der Waals surface area contributed by atoms with E-state index in [9.17, 15) is 9.59 Å². The normalized spacial score (nSPS) is 11.2. The summed E-state index contributed by atoms with van der Waals surface area (Å²) in [6, 6.07) is 4.88. The molecule has 19 heavy (non-hydrogen) atoms. The molecule has 0 heterocycles. The van der Waals surface area contributed by atoms with Gasteiger partial charge in [0.1, 0.15) is 0 Å². The fourth-order valence-corrected chi connectivity index (χ4v) is 2.00. The summed E-state index contributed by atoms with van der Waals surface area (Å²) < 4.78 is 0.644. The first-order valence-corrected chi connectivity index (χ1v) is 6.88. The molecule has 0 atom stereocenters. The van der Waals surface area contributed by atoms with Crippen molar-refractivity contribution < 1.29 is 14.7 Å². The molecular weight excluding hydrogens is 334 g/mol. The van der Waals surface area contributed by atoms with Crippen LogP contribution in [0.5, 0.6) is 0 Å². The lowest BCUT2D eigenvalue weighted by molar-refractivity contribution is -0.137. The molecular formula is C13H15BrClNO3. The summed E-state index contributed by atoms with van der Waals surface area (Å²) in [5, 5.41) is 12.0. The van der Waals surface area contributed by atoms with Crippen LogP contribution in [0.2, 0.25) is 5.02 Å². The first-order chi connectivity index (χ1) is 8.71. The summed E-state index contributed by atoms with van der Waals surface area (Å²) in [7, 11) is 0. The molecule has 1 rings (SSSR count). The lowest BCUT2D eigenvalue weighted by Gasteiger charge is -2.25. The highest BCUT2D eigenvalue weighted by Crippen LogP contribution is 2.23. The Morgan fingerprint density at radius 2 is 2.05 bits per heavy atom. The molecule has 0 fully saturated rings. The van der Waals surface area contributed by atoms with Gasteiger partial charge in [-0.2, -0.15) is 0 Å². The van der Waals surface area contributed by atoms with Crippen LogP contribution in [-0.2, 0) is 4.79 Å². The molecule has 1 amide bonds. The number of carbonyl (C=O) groups is 2. The van der Waals surface area contributed by atoms with E-state index in [1.54, 1.807) is 32.0 Å². The van der Waals surface area contributed by atoms with Crippen molar-refractivity contribution in [2.75, 3.05) is 0 Å². The van der Waals surface area contributed by atoms with Crippen LogP contribution in [0, 0.1) is 0 Å². The average Bonchev–Trinajstić information content (AvgIpc) is 2.29. The SMILES string of the molecule is CC(C)(CCC(=O)O)NC(=O)c1ccc(Cl)c(Br)c1. The number of hydrogen-bond donors (Lipinski definition) is 2. The van der Waals surface area contributed by atoms with Gasteiger partial charge in [-0.15, -0.1) is 0 Å². The number of nitrogens with one attached hydrogen (secondary N) is 1. The minimum Gasteiger partial charge on any atom is -0.481 e. The number of halogens is 2. The number of carboxylic acids is 1. The Labute approximate surface area is 125 Å². The maximum atomic E-state index is 12.0. The summed E-state index contributed by atoms with van der Waals surface area (Å²) in [5.41, 5.74) is -0.110. The molecule has 0 aliphatic carbocycles. The van der Waals surface area contributed by atoms with Crippen LogP contribution < -0.4 is 5.32 Å². The zero-order valence-corrected chi connectivity index (χ0v) is 13.0. The third kappa shape index (κ3) is 5.20. The van der Waals surface area contributed by atoms with Gasteiger partial charge < -0.3 is 10.4 Å². The molecule has 0 spiro atoms. The van der Waals surface area contributed by atoms with Gasteiger partial charge in [0.25, 0.3) is 5.91 Å². The lowest BCUT2D eigenvalue weighted by Crippen LogP contribution is -2.43. The van der Waals surface area contributed by atoms with Gasteiger partial charge in [0, 0.05) is 22.0 Å². The van der Waals surface area contributed by atoms with Crippen LogP contribution in [0.1, 0.15) is 37.0 Å². The second kappa shape index (κ2) is 6.39. The molecule has 0 aliphatic rings. The molecule has 4 nitrogen and oxygen atoms in total. The molecule has 0 saturated carbocycles. The quantitative estimate of drug-likeness (QED) is 0.856. The minimum atomic E-state index is -0.878. The highest BCUT2D eigenvalue weighted by molar-refractivity contribution is 9.10. The minimum absolute atomic E-state index is 0.0115. The van der Waals surface area contributed by atoms with Gasteiger partial charge in [-0.05, 0) is 54.4 Å². The molecule has 0 unspecified atom stereocenters. The van der Waals surface area contributed by atoms with E-state index in [-0.39, 0.29) is 12.3 Å². The zero-order valence-electron chi connectivity index (χ0n) is 10.7. The van der Waals surface area contributed by atoms with Crippen molar-refractivity contribution in [2.24, 2.45) is 0 Å². The molecule has 0 saturated heterocycles. The van der Waals surface area contributed by atoms with Gasteiger partial charge in [0.05, 0.1) is 5.02 Å². The van der Waals surface area contributed by atoms with E-state index in [1.807, 2.05) is 0 Å². The van der Waals surface area contributed by atoms with E-state index in [2.05, 4.69) is 21.2 Å². The highest BCUT2D eigenvalue weighted by atomic mass is 79.9. The maximum Gasteiger partial charge on any atom is 0.303 e. The molecule has 1 aromatic rings. The van der Waals surface area contributed by atoms with Crippen molar-refractivity contribution in [3.8, 4) is 0 Å². The van der Waals surface area contributed by atoms with Crippen molar-refractivity contribution in [1.82, 2.24) is 5.32 Å². The van der Waals surface area contributed by atoms with Crippen LogP contribution in [0.4, 0.5) is 0 Å². The van der Waals surface area contributed by atoms with Crippen molar-refractivity contribution in [3.63, 3.8) is 0 Å². The first kappa shape index (κ1) is 16.0. The lowest BCUT2D eigenvalue weighted by atomic mass is 9.98. The number of benzene rings is 1. The van der Waals surface area contributed by atoms with E-state index in [1.165, 1.54) is 0 Å². The van der Waals surface area contributed by atoms with Gasteiger partial charge in [-0.25, -0.2) is 0 Å². The predicted octanol–water partition coefficient (Wildman–Crippen LogP) is 3.48. The van der Waals surface area contributed by atoms with E-state index in [4.69, 9.17) is 16.7 Å². The van der Waals surface area contributed by atoms with Gasteiger partial charge in [0.15, 0.2) is 0 Å². The van der Waals surface area contributed by atoms with Crippen molar-refractivity contribution >= 4 is 39.4 Å². The van der Waals surface area contributed by atoms with E-state index in [0.29, 0.717) is 21.5 Å². The standard InChI is InChI=1S/C13H15BrClNO3/c1-13(2,6-5-11(17)18)16-12(19)8-3-4-10(15)9(14)7-8/h3-4,7H,5-6H2,1-2H3,(H,16,19)(H,17,18). The fourth-order valence-electron chi connectivity index (χ4n) is 1.50. The monoisotopic (exact) mass is 347 g/mol. The van der Waals surface area contributed by atoms with Crippen LogP contribution in [0.25, 0.3) is 0 Å². The van der Waals surface area contributed by atoms with E-state index >= 15 is 0 Å². The maximum absolute atomic E-state index is 12.0. The zero-order chi connectivity index (χ0) is 14.6. The summed E-state index contributed by atoms with van der Waals surface area (Å²) in [5.74, 6) is -1.13. The van der Waals surface area contributed by atoms with Gasteiger partial charge in [-0.1, -0.05) is 11.6 Å². The fraction of sp³-hybridized carbons (Fsp3) is 0.385. The molecule has 0 aliphatic heterocycles. The number of aliphatic carboxylic acids is 1. The number of carboxylic acid groups (broad SMARTS) is 1. The summed E-state index contributed by atoms with van der Waals surface area (Å²) in [6.07, 6.45) is 0.375. The van der Waals surface area contributed by atoms with E-state index < -0.39 is 11.5 Å². The average molecular weight is 349 g/mol. The summed E-state index contributed by atoms with van der Waals surface area (Å²) >= 11 is 9.11. The smallest absolute Gasteiger partial charge is 0.303 e. The summed E-state index contributed by atoms with van der Waals surface area (Å²) in [4.78, 5) is 22.6. The molecule has 104 valence electrons. The molecule has 0 bridgehead atoms. The Bertz CT molecular complexity index is 503. The third-order valence-corrected chi connectivity index (χ3v) is 3.81. The van der Waals surface area contributed by atoms with Gasteiger partial charge in [-0.3, -0.25) is 9.59 Å². The Balaban J connectivity index is 2.72. The Kier molecular flexibility index (Phi) is 5.38. The number of amides is 1. The second-order valence-corrected chi connectivity index (χ2v) is 6.12. The predicted molar refractivity (Wildman–Crippen MR) is 77.6 cm³/mol. The topological polar surface area (TPSA) is 66.4 Å². The van der Waals surface area contributed by atoms with Crippen LogP contribution in [0.3, 0.4) is 0 Å². The number of carbonyl (C=O) groups excluding carboxylic acids is 1. The van der Waals surface area contributed by atoms with Gasteiger partial charge >= 0.3 is 5.97 Å². The van der Waals surface area contributed by atoms with Crippen molar-refractivity contribution in [3.05, 3.63) is 33.3 Å². The Morgan fingerprint density at radius 1 is 1.42 bits per heavy atom. The van der Waals surface area contributed by atoms with Gasteiger partial charge in [0.2, 0.25) is 0 Å².